The van der Waals surface area contributed by atoms with E-state index in [1.54, 1.807) is 12.1 Å². The first-order chi connectivity index (χ1) is 13.2. The molecule has 3 rings (SSSR count). The number of hydrogen-bond acceptors (Lipinski definition) is 7. The van der Waals surface area contributed by atoms with Crippen LogP contribution in [0.5, 0.6) is 11.5 Å². The highest BCUT2D eigenvalue weighted by molar-refractivity contribution is 5.93. The van der Waals surface area contributed by atoms with Crippen LogP contribution >= 0.6 is 0 Å². The molecule has 2 aromatic carbocycles. The molecule has 0 aliphatic rings. The largest absolute Gasteiger partial charge is 0.487 e. The van der Waals surface area contributed by atoms with E-state index < -0.39 is 0 Å². The number of rotatable bonds is 8. The molecule has 27 heavy (non-hydrogen) atoms. The Bertz CT molecular complexity index is 969. The minimum atomic E-state index is -0.132. The summed E-state index contributed by atoms with van der Waals surface area (Å²) in [5, 5.41) is 22.0. The molecule has 0 unspecified atom stereocenters. The van der Waals surface area contributed by atoms with Gasteiger partial charge in [0.05, 0.1) is 18.7 Å². The molecule has 0 radical (unpaired) electrons. The van der Waals surface area contributed by atoms with Crippen molar-refractivity contribution in [3.8, 4) is 23.8 Å². The van der Waals surface area contributed by atoms with Gasteiger partial charge in [-0.3, -0.25) is 0 Å². The number of hydrogen-bond donors (Lipinski definition) is 3. The second-order valence-corrected chi connectivity index (χ2v) is 5.53. The third-order valence-corrected chi connectivity index (χ3v) is 3.69. The van der Waals surface area contributed by atoms with Crippen LogP contribution in [0, 0.1) is 12.3 Å². The molecule has 0 bridgehead atoms. The molecule has 0 aliphatic heterocycles. The van der Waals surface area contributed by atoms with Gasteiger partial charge in [0.25, 0.3) is 0 Å². The predicted octanol–water partition coefficient (Wildman–Crippen LogP) is 2.10. The van der Waals surface area contributed by atoms with E-state index in [9.17, 15) is 0 Å². The first-order valence-corrected chi connectivity index (χ1v) is 8.35. The van der Waals surface area contributed by atoms with Crippen LogP contribution in [0.25, 0.3) is 10.9 Å². The summed E-state index contributed by atoms with van der Waals surface area (Å²) in [4.78, 5) is 8.59. The number of ether oxygens (including phenoxy) is 2. The summed E-state index contributed by atoms with van der Waals surface area (Å²) < 4.78 is 11.1. The molecular formula is C20H19N3O4. The van der Waals surface area contributed by atoms with E-state index in [1.807, 2.05) is 24.3 Å². The topological polar surface area (TPSA) is 96.7 Å². The highest BCUT2D eigenvalue weighted by Gasteiger charge is 2.12. The van der Waals surface area contributed by atoms with Crippen LogP contribution in [0.4, 0.5) is 11.5 Å². The third-order valence-electron chi connectivity index (χ3n) is 3.69. The number of aliphatic hydroxyl groups is 2. The Morgan fingerprint density at radius 2 is 1.74 bits per heavy atom. The summed E-state index contributed by atoms with van der Waals surface area (Å²) in [5.41, 5.74) is 2.19. The summed E-state index contributed by atoms with van der Waals surface area (Å²) in [6.45, 7) is -0.0238. The second kappa shape index (κ2) is 8.85. The monoisotopic (exact) mass is 371 g/mol. The lowest BCUT2D eigenvalue weighted by atomic mass is 10.2. The maximum atomic E-state index is 9.05. The van der Waals surface area contributed by atoms with Crippen LogP contribution in [0.2, 0.25) is 0 Å². The van der Waals surface area contributed by atoms with Gasteiger partial charge in [0.2, 0.25) is 0 Å². The molecule has 7 heteroatoms. The van der Waals surface area contributed by atoms with Crippen molar-refractivity contribution in [1.29, 1.82) is 0 Å². The van der Waals surface area contributed by atoms with E-state index in [4.69, 9.17) is 26.1 Å². The van der Waals surface area contributed by atoms with Crippen LogP contribution in [0.3, 0.4) is 0 Å². The fourth-order valence-electron chi connectivity index (χ4n) is 2.52. The Hall–Kier alpha value is -3.34. The number of aliphatic hydroxyl groups excluding tert-OH is 2. The van der Waals surface area contributed by atoms with E-state index in [2.05, 4.69) is 21.2 Å². The van der Waals surface area contributed by atoms with Crippen LogP contribution in [0.1, 0.15) is 5.56 Å². The molecule has 7 nitrogen and oxygen atoms in total. The van der Waals surface area contributed by atoms with Gasteiger partial charge in [-0.05, 0) is 24.3 Å². The lowest BCUT2D eigenvalue weighted by molar-refractivity contribution is 0.178. The Morgan fingerprint density at radius 3 is 2.44 bits per heavy atom. The van der Waals surface area contributed by atoms with Crippen molar-refractivity contribution in [3.05, 3.63) is 48.3 Å². The lowest BCUT2D eigenvalue weighted by Crippen LogP contribution is -2.07. The molecule has 3 aromatic rings. The van der Waals surface area contributed by atoms with Gasteiger partial charge in [-0.2, -0.15) is 0 Å². The molecule has 0 saturated heterocycles. The number of nitrogens with zero attached hydrogens (tertiary/aromatic N) is 2. The van der Waals surface area contributed by atoms with Gasteiger partial charge in [-0.25, -0.2) is 9.97 Å². The summed E-state index contributed by atoms with van der Waals surface area (Å²) in [5.74, 6) is 4.04. The molecule has 138 valence electrons. The minimum absolute atomic E-state index is 0.113. The number of fused-ring (bicyclic) bond motifs is 1. The van der Waals surface area contributed by atoms with Crippen LogP contribution in [-0.2, 0) is 0 Å². The molecule has 1 aromatic heterocycles. The average Bonchev–Trinajstić information content (AvgIpc) is 2.71. The Labute approximate surface area is 156 Å². The number of anilines is 2. The van der Waals surface area contributed by atoms with Gasteiger partial charge in [-0.15, -0.1) is 6.42 Å². The predicted molar refractivity (Wildman–Crippen MR) is 102 cm³/mol. The highest BCUT2D eigenvalue weighted by Crippen LogP contribution is 2.35. The summed E-state index contributed by atoms with van der Waals surface area (Å²) in [7, 11) is 0. The van der Waals surface area contributed by atoms with Crippen molar-refractivity contribution in [1.82, 2.24) is 9.97 Å². The number of terminal acetylenes is 1. The zero-order chi connectivity index (χ0) is 19.1. The standard InChI is InChI=1S/C20H19N3O4/c1-2-14-4-3-5-15(10-14)23-20-16-11-18(26-8-6-24)19(27-9-7-25)12-17(16)21-13-22-20/h1,3-5,10-13,24-25H,6-9H2,(H,21,22,23)/i3+1,4+1,5+1,10+1,14+1,15+1. The molecule has 0 amide bonds. The van der Waals surface area contributed by atoms with Crippen molar-refractivity contribution >= 4 is 22.4 Å². The van der Waals surface area contributed by atoms with E-state index >= 15 is 0 Å². The number of benzene rings is 2. The number of aromatic nitrogens is 2. The Balaban J connectivity index is 2.01. The summed E-state index contributed by atoms with van der Waals surface area (Å²) >= 11 is 0. The SMILES string of the molecule is C#C[13c]1[13cH][13cH][13cH][13c](Nc2ncnc3cc(OCCO)c(OCCO)cc23)[13cH]1. The third kappa shape index (κ3) is 4.44. The molecule has 0 saturated carbocycles. The fraction of sp³-hybridized carbons (Fsp3) is 0.200. The first kappa shape index (κ1) is 18.5. The van der Waals surface area contributed by atoms with Gasteiger partial charge in [0.1, 0.15) is 25.4 Å². The second-order valence-electron chi connectivity index (χ2n) is 5.53. The van der Waals surface area contributed by atoms with E-state index in [0.717, 1.165) is 11.3 Å². The van der Waals surface area contributed by atoms with Gasteiger partial charge in [0, 0.05) is 22.7 Å². The highest BCUT2D eigenvalue weighted by atomic mass is 16.5. The number of nitrogens with one attached hydrogen (secondary N) is 1. The summed E-state index contributed by atoms with van der Waals surface area (Å²) in [6, 6.07) is 10.9. The van der Waals surface area contributed by atoms with Gasteiger partial charge in [0.15, 0.2) is 11.5 Å². The zero-order valence-electron chi connectivity index (χ0n) is 14.6. The van der Waals surface area contributed by atoms with Gasteiger partial charge < -0.3 is 25.0 Å². The first-order valence-electron chi connectivity index (χ1n) is 8.35. The molecule has 1 heterocycles. The van der Waals surface area contributed by atoms with Gasteiger partial charge in [-0.1, -0.05) is 12.0 Å². The van der Waals surface area contributed by atoms with Crippen molar-refractivity contribution in [2.45, 2.75) is 0 Å². The molecular weight excluding hydrogens is 352 g/mol. The van der Waals surface area contributed by atoms with Crippen LogP contribution < -0.4 is 14.8 Å². The van der Waals surface area contributed by atoms with Crippen molar-refractivity contribution in [2.24, 2.45) is 0 Å². The quantitative estimate of drug-likeness (QED) is 0.522. The molecule has 0 atom stereocenters. The smallest absolute Gasteiger partial charge is 0.163 e. The maximum Gasteiger partial charge on any atom is 0.163 e. The Kier molecular flexibility index (Phi) is 6.05. The molecule has 0 aliphatic carbocycles. The van der Waals surface area contributed by atoms with E-state index in [1.165, 1.54) is 6.33 Å². The van der Waals surface area contributed by atoms with Crippen molar-refractivity contribution in [3.63, 3.8) is 0 Å². The maximum absolute atomic E-state index is 9.05. The average molecular weight is 371 g/mol. The molecule has 0 fully saturated rings. The fourth-order valence-corrected chi connectivity index (χ4v) is 2.52. The van der Waals surface area contributed by atoms with E-state index in [0.29, 0.717) is 28.2 Å². The summed E-state index contributed by atoms with van der Waals surface area (Å²) in [6.07, 6.45) is 6.90. The van der Waals surface area contributed by atoms with E-state index in [-0.39, 0.29) is 26.4 Å². The molecule has 3 N–H and O–H groups in total. The van der Waals surface area contributed by atoms with Crippen LogP contribution in [0.15, 0.2) is 42.7 Å². The van der Waals surface area contributed by atoms with Crippen molar-refractivity contribution in [2.75, 3.05) is 31.7 Å². The lowest BCUT2D eigenvalue weighted by Gasteiger charge is -2.14. The normalized spacial score (nSPS) is 10.4. The van der Waals surface area contributed by atoms with Gasteiger partial charge >= 0.3 is 0 Å². The van der Waals surface area contributed by atoms with Crippen LogP contribution in [-0.4, -0.2) is 46.6 Å². The Morgan fingerprint density at radius 1 is 1.00 bits per heavy atom. The minimum Gasteiger partial charge on any atom is -0.487 e. The zero-order valence-corrected chi connectivity index (χ0v) is 14.6. The van der Waals surface area contributed by atoms with Crippen molar-refractivity contribution < 1.29 is 19.7 Å². The molecule has 0 spiro atoms.